The SMILES string of the molecule is CCCCCCCCC(Br)CC(Cl)(Cl)Cl. The van der Waals surface area contributed by atoms with E-state index in [1.165, 1.54) is 38.5 Å². The molecule has 0 saturated carbocycles. The second-order valence-electron chi connectivity index (χ2n) is 3.97. The van der Waals surface area contributed by atoms with Crippen molar-refractivity contribution in [2.45, 2.75) is 66.9 Å². The lowest BCUT2D eigenvalue weighted by atomic mass is 10.1. The molecule has 0 spiro atoms. The second-order valence-corrected chi connectivity index (χ2v) is 7.78. The number of hydrogen-bond donors (Lipinski definition) is 0. The molecule has 0 heterocycles. The molecule has 15 heavy (non-hydrogen) atoms. The van der Waals surface area contributed by atoms with Crippen molar-refractivity contribution in [2.75, 3.05) is 0 Å². The quantitative estimate of drug-likeness (QED) is 0.362. The number of hydrogen-bond acceptors (Lipinski definition) is 0. The van der Waals surface area contributed by atoms with Gasteiger partial charge < -0.3 is 0 Å². The minimum absolute atomic E-state index is 0.330. The highest BCUT2D eigenvalue weighted by atomic mass is 79.9. The highest BCUT2D eigenvalue weighted by Gasteiger charge is 2.23. The molecular formula is C11H20BrCl3. The van der Waals surface area contributed by atoms with Crippen LogP contribution in [0.1, 0.15) is 58.3 Å². The van der Waals surface area contributed by atoms with E-state index < -0.39 is 3.79 Å². The Kier molecular flexibility index (Phi) is 10.2. The topological polar surface area (TPSA) is 0 Å². The van der Waals surface area contributed by atoms with Gasteiger partial charge in [0.2, 0.25) is 0 Å². The molecule has 1 unspecified atom stereocenters. The Balaban J connectivity index is 3.28. The predicted molar refractivity (Wildman–Crippen MR) is 75.6 cm³/mol. The van der Waals surface area contributed by atoms with Crippen molar-refractivity contribution in [3.05, 3.63) is 0 Å². The molecule has 0 aliphatic carbocycles. The van der Waals surface area contributed by atoms with Crippen molar-refractivity contribution in [3.63, 3.8) is 0 Å². The van der Waals surface area contributed by atoms with Crippen molar-refractivity contribution in [3.8, 4) is 0 Å². The van der Waals surface area contributed by atoms with Crippen LogP contribution in [-0.4, -0.2) is 8.62 Å². The summed E-state index contributed by atoms with van der Waals surface area (Å²) in [7, 11) is 0. The zero-order valence-electron chi connectivity index (χ0n) is 9.25. The fraction of sp³-hybridized carbons (Fsp3) is 1.00. The molecular weight excluding hydrogens is 318 g/mol. The van der Waals surface area contributed by atoms with Gasteiger partial charge in [0, 0.05) is 11.2 Å². The largest absolute Gasteiger partial charge is 0.191 e. The normalized spacial score (nSPS) is 14.2. The van der Waals surface area contributed by atoms with E-state index in [0.29, 0.717) is 11.2 Å². The van der Waals surface area contributed by atoms with E-state index in [0.717, 1.165) is 6.42 Å². The summed E-state index contributed by atoms with van der Waals surface area (Å²) >= 11 is 20.7. The third-order valence-electron chi connectivity index (χ3n) is 2.32. The molecule has 0 radical (unpaired) electrons. The fourth-order valence-electron chi connectivity index (χ4n) is 1.50. The van der Waals surface area contributed by atoms with E-state index in [2.05, 4.69) is 22.9 Å². The van der Waals surface area contributed by atoms with Crippen LogP contribution in [-0.2, 0) is 0 Å². The third kappa shape index (κ3) is 13.3. The lowest BCUT2D eigenvalue weighted by Crippen LogP contribution is -2.11. The summed E-state index contributed by atoms with van der Waals surface area (Å²) in [5.41, 5.74) is 0. The summed E-state index contributed by atoms with van der Waals surface area (Å²) < 4.78 is -1.11. The Hall–Kier alpha value is 1.35. The van der Waals surface area contributed by atoms with Crippen LogP contribution in [0.2, 0.25) is 0 Å². The first kappa shape index (κ1) is 16.4. The third-order valence-corrected chi connectivity index (χ3v) is 3.57. The highest BCUT2D eigenvalue weighted by Crippen LogP contribution is 2.34. The van der Waals surface area contributed by atoms with Gasteiger partial charge in [-0.15, -0.1) is 0 Å². The molecule has 0 aliphatic rings. The predicted octanol–water partition coefficient (Wildman–Crippen LogP) is 6.26. The van der Waals surface area contributed by atoms with Gasteiger partial charge >= 0.3 is 0 Å². The Bertz CT molecular complexity index is 145. The number of unbranched alkanes of at least 4 members (excludes halogenated alkanes) is 5. The van der Waals surface area contributed by atoms with Gasteiger partial charge in [0.1, 0.15) is 0 Å². The second kappa shape index (κ2) is 9.39. The van der Waals surface area contributed by atoms with Crippen LogP contribution in [0.4, 0.5) is 0 Å². The van der Waals surface area contributed by atoms with E-state index in [1.54, 1.807) is 0 Å². The van der Waals surface area contributed by atoms with Crippen molar-refractivity contribution in [1.82, 2.24) is 0 Å². The number of rotatable bonds is 8. The van der Waals surface area contributed by atoms with Crippen LogP contribution in [0.5, 0.6) is 0 Å². The van der Waals surface area contributed by atoms with Crippen molar-refractivity contribution < 1.29 is 0 Å². The van der Waals surface area contributed by atoms with Crippen LogP contribution < -0.4 is 0 Å². The molecule has 0 bridgehead atoms. The minimum atomic E-state index is -1.11. The van der Waals surface area contributed by atoms with Crippen molar-refractivity contribution >= 4 is 50.7 Å². The van der Waals surface area contributed by atoms with E-state index in [-0.39, 0.29) is 0 Å². The molecule has 0 aromatic rings. The molecule has 1 atom stereocenters. The van der Waals surface area contributed by atoms with Crippen LogP contribution >= 0.6 is 50.7 Å². The summed E-state index contributed by atoms with van der Waals surface area (Å²) in [4.78, 5) is 0.330. The van der Waals surface area contributed by atoms with Crippen LogP contribution in [0, 0.1) is 0 Å². The summed E-state index contributed by atoms with van der Waals surface area (Å²) in [6.45, 7) is 2.23. The monoisotopic (exact) mass is 336 g/mol. The molecule has 0 aliphatic heterocycles. The van der Waals surface area contributed by atoms with Gasteiger partial charge in [0.25, 0.3) is 0 Å². The van der Waals surface area contributed by atoms with Gasteiger partial charge in [-0.1, -0.05) is 96.2 Å². The molecule has 0 saturated heterocycles. The fourth-order valence-corrected chi connectivity index (χ4v) is 3.43. The summed E-state index contributed by atoms with van der Waals surface area (Å²) in [6, 6.07) is 0. The van der Waals surface area contributed by atoms with Gasteiger partial charge in [-0.25, -0.2) is 0 Å². The van der Waals surface area contributed by atoms with E-state index in [1.807, 2.05) is 0 Å². The average Bonchev–Trinajstić information content (AvgIpc) is 2.08. The van der Waals surface area contributed by atoms with Crippen molar-refractivity contribution in [2.24, 2.45) is 0 Å². The molecule has 4 heteroatoms. The maximum atomic E-state index is 5.71. The maximum absolute atomic E-state index is 5.71. The molecule has 0 aromatic heterocycles. The number of alkyl halides is 4. The van der Waals surface area contributed by atoms with E-state index >= 15 is 0 Å². The summed E-state index contributed by atoms with van der Waals surface area (Å²) in [5.74, 6) is 0. The van der Waals surface area contributed by atoms with Gasteiger partial charge in [-0.05, 0) is 6.42 Å². The average molecular weight is 339 g/mol. The first-order valence-corrected chi connectivity index (χ1v) is 7.71. The molecule has 0 rings (SSSR count). The first-order valence-electron chi connectivity index (χ1n) is 5.66. The van der Waals surface area contributed by atoms with Crippen molar-refractivity contribution in [1.29, 1.82) is 0 Å². The van der Waals surface area contributed by atoms with E-state index in [9.17, 15) is 0 Å². The van der Waals surface area contributed by atoms with E-state index in [4.69, 9.17) is 34.8 Å². The zero-order valence-corrected chi connectivity index (χ0v) is 13.1. The Morgan fingerprint density at radius 3 is 2.07 bits per heavy atom. The van der Waals surface area contributed by atoms with Gasteiger partial charge in [0.05, 0.1) is 0 Å². The standard InChI is InChI=1S/C11H20BrCl3/c1-2-3-4-5-6-7-8-10(12)9-11(13,14)15/h10H,2-9H2,1H3. The summed E-state index contributed by atoms with van der Waals surface area (Å²) in [6.07, 6.45) is 9.55. The van der Waals surface area contributed by atoms with Gasteiger partial charge in [0.15, 0.2) is 3.79 Å². The van der Waals surface area contributed by atoms with Gasteiger partial charge in [-0.3, -0.25) is 0 Å². The van der Waals surface area contributed by atoms with Crippen LogP contribution in [0.25, 0.3) is 0 Å². The van der Waals surface area contributed by atoms with Crippen LogP contribution in [0.15, 0.2) is 0 Å². The zero-order chi connectivity index (χ0) is 11.7. The Morgan fingerprint density at radius 2 is 1.53 bits per heavy atom. The smallest absolute Gasteiger partial charge is 0.0889 e. The molecule has 0 nitrogen and oxygen atoms in total. The Morgan fingerprint density at radius 1 is 1.00 bits per heavy atom. The lowest BCUT2D eigenvalue weighted by Gasteiger charge is -2.15. The highest BCUT2D eigenvalue weighted by molar-refractivity contribution is 9.09. The molecule has 0 amide bonds. The maximum Gasteiger partial charge on any atom is 0.191 e. The van der Waals surface area contributed by atoms with Crippen LogP contribution in [0.3, 0.4) is 0 Å². The first-order chi connectivity index (χ1) is 6.95. The molecule has 0 aromatic carbocycles. The van der Waals surface area contributed by atoms with Gasteiger partial charge in [-0.2, -0.15) is 0 Å². The summed E-state index contributed by atoms with van der Waals surface area (Å²) in [5, 5.41) is 0. The molecule has 92 valence electrons. The lowest BCUT2D eigenvalue weighted by molar-refractivity contribution is 0.576. The minimum Gasteiger partial charge on any atom is -0.0889 e. The number of halogens is 4. The Labute approximate surface area is 117 Å². The molecule has 0 fully saturated rings. The molecule has 0 N–H and O–H groups in total.